The summed E-state index contributed by atoms with van der Waals surface area (Å²) in [4.78, 5) is 12.8. The molecule has 0 saturated heterocycles. The molecule has 0 heterocycles. The van der Waals surface area contributed by atoms with Gasteiger partial charge >= 0.3 is 5.53 Å². The molecule has 0 N–H and O–H groups in total. The lowest BCUT2D eigenvalue weighted by Crippen LogP contribution is -2.52. The molecule has 0 aromatic heterocycles. The number of ether oxygens (including phenoxy) is 2. The van der Waals surface area contributed by atoms with Crippen molar-refractivity contribution in [2.24, 2.45) is 0 Å². The van der Waals surface area contributed by atoms with Crippen LogP contribution in [0.2, 0.25) is 0 Å². The maximum Gasteiger partial charge on any atom is 0.356 e. The number of carbonyl (C=O) groups is 1. The molecule has 0 atom stereocenters. The SMILES string of the molecule is CCOC(C=O)(OCC)[P+](c1ccccc1)(c1ccccc1)c1ccccc1. The molecular weight excluding hydrogens is 367 g/mol. The van der Waals surface area contributed by atoms with E-state index < -0.39 is 12.8 Å². The van der Waals surface area contributed by atoms with Crippen molar-refractivity contribution in [3.8, 4) is 0 Å². The molecule has 0 bridgehead atoms. The molecule has 0 unspecified atom stereocenters. The van der Waals surface area contributed by atoms with Crippen LogP contribution in [0.25, 0.3) is 0 Å². The summed E-state index contributed by atoms with van der Waals surface area (Å²) >= 11 is 0. The first kappa shape index (κ1) is 20.4. The average Bonchev–Trinajstić information content (AvgIpc) is 2.77. The molecular formula is C24H26O3P+. The predicted molar refractivity (Wildman–Crippen MR) is 117 cm³/mol. The second kappa shape index (κ2) is 9.25. The van der Waals surface area contributed by atoms with E-state index in [1.165, 1.54) is 0 Å². The van der Waals surface area contributed by atoms with Gasteiger partial charge in [-0.1, -0.05) is 54.6 Å². The third-order valence-corrected chi connectivity index (χ3v) is 9.27. The summed E-state index contributed by atoms with van der Waals surface area (Å²) in [7, 11) is -2.64. The summed E-state index contributed by atoms with van der Waals surface area (Å²) in [6, 6.07) is 30.4. The maximum atomic E-state index is 12.8. The number of rotatable bonds is 9. The zero-order chi connectivity index (χ0) is 19.9. The lowest BCUT2D eigenvalue weighted by Gasteiger charge is -2.39. The van der Waals surface area contributed by atoms with Crippen LogP contribution in [0.5, 0.6) is 0 Å². The molecule has 3 rings (SSSR count). The number of hydrogen-bond donors (Lipinski definition) is 0. The molecule has 0 saturated carbocycles. The molecule has 0 amide bonds. The van der Waals surface area contributed by atoms with Gasteiger partial charge in [0.05, 0.1) is 13.2 Å². The molecule has 3 aromatic rings. The molecule has 4 heteroatoms. The molecule has 3 aromatic carbocycles. The van der Waals surface area contributed by atoms with E-state index in [2.05, 4.69) is 36.4 Å². The lowest BCUT2D eigenvalue weighted by atomic mass is 10.4. The van der Waals surface area contributed by atoms with Crippen molar-refractivity contribution >= 4 is 29.5 Å². The van der Waals surface area contributed by atoms with Gasteiger partial charge in [-0.05, 0) is 50.2 Å². The Morgan fingerprint density at radius 3 is 1.25 bits per heavy atom. The molecule has 0 radical (unpaired) electrons. The maximum absolute atomic E-state index is 12.8. The number of benzene rings is 3. The van der Waals surface area contributed by atoms with Gasteiger partial charge < -0.3 is 9.47 Å². The van der Waals surface area contributed by atoms with Gasteiger partial charge in [-0.15, -0.1) is 0 Å². The first-order valence-corrected chi connectivity index (χ1v) is 11.3. The second-order valence-electron chi connectivity index (χ2n) is 6.29. The van der Waals surface area contributed by atoms with E-state index in [1.807, 2.05) is 68.4 Å². The minimum absolute atomic E-state index is 0.368. The standard InChI is InChI=1S/C24H26O3P/c1-3-26-24(20-25,27-4-2)28(21-14-8-5-9-15-21,22-16-10-6-11-17-22)23-18-12-7-13-19-23/h5-20H,3-4H2,1-2H3/q+1. The van der Waals surface area contributed by atoms with Crippen LogP contribution in [0.4, 0.5) is 0 Å². The van der Waals surface area contributed by atoms with Crippen LogP contribution in [-0.4, -0.2) is 25.0 Å². The topological polar surface area (TPSA) is 35.5 Å². The minimum Gasteiger partial charge on any atom is -0.312 e. The highest BCUT2D eigenvalue weighted by Crippen LogP contribution is 2.66. The van der Waals surface area contributed by atoms with Crippen molar-refractivity contribution in [2.45, 2.75) is 19.4 Å². The third kappa shape index (κ3) is 3.42. The monoisotopic (exact) mass is 393 g/mol. The Morgan fingerprint density at radius 2 is 1.00 bits per heavy atom. The number of hydrogen-bond acceptors (Lipinski definition) is 3. The van der Waals surface area contributed by atoms with Crippen LogP contribution in [0.1, 0.15) is 13.8 Å². The Labute approximate surface area is 167 Å². The summed E-state index contributed by atoms with van der Waals surface area (Å²) in [6.07, 6.45) is 0.862. The summed E-state index contributed by atoms with van der Waals surface area (Å²) in [5.41, 5.74) is -1.40. The normalized spacial score (nSPS) is 11.9. The van der Waals surface area contributed by atoms with Gasteiger partial charge in [0.15, 0.2) is 7.26 Å². The highest BCUT2D eigenvalue weighted by Gasteiger charge is 2.66. The Morgan fingerprint density at radius 1 is 0.679 bits per heavy atom. The quantitative estimate of drug-likeness (QED) is 0.314. The summed E-state index contributed by atoms with van der Waals surface area (Å²) < 4.78 is 12.4. The van der Waals surface area contributed by atoms with E-state index in [0.717, 1.165) is 22.2 Å². The fourth-order valence-electron chi connectivity index (χ4n) is 3.74. The predicted octanol–water partition coefficient (Wildman–Crippen LogP) is 3.91. The fourth-order valence-corrected chi connectivity index (χ4v) is 8.37. The van der Waals surface area contributed by atoms with Crippen LogP contribution < -0.4 is 15.9 Å². The molecule has 0 fully saturated rings. The van der Waals surface area contributed by atoms with E-state index >= 15 is 0 Å². The molecule has 0 aliphatic carbocycles. The van der Waals surface area contributed by atoms with Crippen molar-refractivity contribution in [1.29, 1.82) is 0 Å². The van der Waals surface area contributed by atoms with Crippen molar-refractivity contribution in [3.05, 3.63) is 91.0 Å². The zero-order valence-corrected chi connectivity index (χ0v) is 17.2. The van der Waals surface area contributed by atoms with Gasteiger partial charge in [-0.2, -0.15) is 0 Å². The van der Waals surface area contributed by atoms with Crippen LogP contribution in [0.15, 0.2) is 91.0 Å². The van der Waals surface area contributed by atoms with Crippen molar-refractivity contribution in [2.75, 3.05) is 13.2 Å². The molecule has 0 aliphatic heterocycles. The highest BCUT2D eigenvalue weighted by molar-refractivity contribution is 7.97. The van der Waals surface area contributed by atoms with Crippen LogP contribution in [-0.2, 0) is 14.3 Å². The van der Waals surface area contributed by atoms with Gasteiger partial charge in [0.2, 0.25) is 6.29 Å². The Hall–Kier alpha value is -2.32. The average molecular weight is 393 g/mol. The van der Waals surface area contributed by atoms with Gasteiger partial charge in [-0.25, -0.2) is 0 Å². The van der Waals surface area contributed by atoms with Gasteiger partial charge in [-0.3, -0.25) is 4.79 Å². The number of carbonyl (C=O) groups excluding carboxylic acids is 1. The van der Waals surface area contributed by atoms with E-state index in [1.54, 1.807) is 0 Å². The van der Waals surface area contributed by atoms with Crippen molar-refractivity contribution in [1.82, 2.24) is 0 Å². The Bertz CT molecular complexity index is 763. The van der Waals surface area contributed by atoms with E-state index in [4.69, 9.17) is 9.47 Å². The molecule has 0 spiro atoms. The van der Waals surface area contributed by atoms with Crippen molar-refractivity contribution in [3.63, 3.8) is 0 Å². The molecule has 0 aliphatic rings. The van der Waals surface area contributed by atoms with Gasteiger partial charge in [0, 0.05) is 0 Å². The van der Waals surface area contributed by atoms with Crippen LogP contribution in [0.3, 0.4) is 0 Å². The van der Waals surface area contributed by atoms with Crippen molar-refractivity contribution < 1.29 is 14.3 Å². The first-order chi connectivity index (χ1) is 13.7. The summed E-state index contributed by atoms with van der Waals surface area (Å²) in [5, 5.41) is 3.13. The number of aldehydes is 1. The molecule has 28 heavy (non-hydrogen) atoms. The van der Waals surface area contributed by atoms with Crippen LogP contribution in [0, 0.1) is 0 Å². The van der Waals surface area contributed by atoms with E-state index in [-0.39, 0.29) is 0 Å². The van der Waals surface area contributed by atoms with Gasteiger partial charge in [0.25, 0.3) is 0 Å². The summed E-state index contributed by atoms with van der Waals surface area (Å²) in [6.45, 7) is 4.53. The summed E-state index contributed by atoms with van der Waals surface area (Å²) in [5.74, 6) is 0. The molecule has 3 nitrogen and oxygen atoms in total. The highest BCUT2D eigenvalue weighted by atomic mass is 31.2. The zero-order valence-electron chi connectivity index (χ0n) is 16.3. The molecule has 144 valence electrons. The largest absolute Gasteiger partial charge is 0.356 e. The van der Waals surface area contributed by atoms with Crippen LogP contribution >= 0.6 is 7.26 Å². The van der Waals surface area contributed by atoms with Gasteiger partial charge in [0.1, 0.15) is 15.9 Å². The lowest BCUT2D eigenvalue weighted by molar-refractivity contribution is -0.173. The van der Waals surface area contributed by atoms with E-state index in [0.29, 0.717) is 13.2 Å². The Kier molecular flexibility index (Phi) is 6.74. The second-order valence-corrected chi connectivity index (χ2v) is 9.81. The minimum atomic E-state index is -2.64. The smallest absolute Gasteiger partial charge is 0.312 e. The third-order valence-electron chi connectivity index (χ3n) is 4.75. The Balaban J connectivity index is 2.48. The first-order valence-electron chi connectivity index (χ1n) is 9.55. The fraction of sp³-hybridized carbons (Fsp3) is 0.208. The van der Waals surface area contributed by atoms with E-state index in [9.17, 15) is 4.79 Å².